The molecule has 0 saturated heterocycles. The number of amides is 1. The highest BCUT2D eigenvalue weighted by atomic mass is 32.2. The molecule has 1 N–H and O–H groups in total. The highest BCUT2D eigenvalue weighted by Crippen LogP contribution is 2.21. The number of carbonyl (C=O) groups is 1. The predicted octanol–water partition coefficient (Wildman–Crippen LogP) is 3.63. The van der Waals surface area contributed by atoms with E-state index in [2.05, 4.69) is 5.32 Å². The van der Waals surface area contributed by atoms with Gasteiger partial charge >= 0.3 is 0 Å². The van der Waals surface area contributed by atoms with Crippen LogP contribution in [0, 0.1) is 19.7 Å². The lowest BCUT2D eigenvalue weighted by molar-refractivity contribution is -0.116. The predicted molar refractivity (Wildman–Crippen MR) is 102 cm³/mol. The van der Waals surface area contributed by atoms with Gasteiger partial charge in [-0.3, -0.25) is 9.10 Å². The zero-order valence-corrected chi connectivity index (χ0v) is 15.9. The summed E-state index contributed by atoms with van der Waals surface area (Å²) in [4.78, 5) is 12.2. The minimum Gasteiger partial charge on any atom is -0.326 e. The van der Waals surface area contributed by atoms with Crippen molar-refractivity contribution in [1.82, 2.24) is 0 Å². The molecule has 2 aromatic carbocycles. The van der Waals surface area contributed by atoms with E-state index in [4.69, 9.17) is 0 Å². The molecule has 2 aromatic rings. The van der Waals surface area contributed by atoms with Gasteiger partial charge in [0.15, 0.2) is 0 Å². The molecule has 0 aliphatic heterocycles. The number of carbonyl (C=O) groups excluding carboxylic acids is 1. The Morgan fingerprint density at radius 1 is 1.08 bits per heavy atom. The number of aryl methyl sites for hydroxylation is 2. The van der Waals surface area contributed by atoms with Crippen molar-refractivity contribution in [2.45, 2.75) is 26.7 Å². The summed E-state index contributed by atoms with van der Waals surface area (Å²) < 4.78 is 38.2. The first-order chi connectivity index (χ1) is 12.2. The highest BCUT2D eigenvalue weighted by Gasteiger charge is 2.18. The van der Waals surface area contributed by atoms with Gasteiger partial charge in [-0.15, -0.1) is 0 Å². The Labute approximate surface area is 153 Å². The van der Waals surface area contributed by atoms with Crippen molar-refractivity contribution in [1.29, 1.82) is 0 Å². The molecule has 0 fully saturated rings. The molecular formula is C19H23FN2O3S. The second kappa shape index (κ2) is 8.31. The Balaban J connectivity index is 1.99. The number of nitrogens with zero attached hydrogens (tertiary/aromatic N) is 1. The van der Waals surface area contributed by atoms with Crippen molar-refractivity contribution in [3.05, 3.63) is 59.4 Å². The first-order valence-corrected chi connectivity index (χ1v) is 10.1. The normalized spacial score (nSPS) is 11.2. The molecule has 0 unspecified atom stereocenters. The molecule has 0 aromatic heterocycles. The van der Waals surface area contributed by atoms with Crippen LogP contribution >= 0.6 is 0 Å². The second-order valence-corrected chi connectivity index (χ2v) is 8.14. The zero-order valence-electron chi connectivity index (χ0n) is 15.1. The van der Waals surface area contributed by atoms with Crippen LogP contribution in [0.25, 0.3) is 0 Å². The molecule has 140 valence electrons. The molecule has 0 bridgehead atoms. The van der Waals surface area contributed by atoms with E-state index in [-0.39, 0.29) is 18.9 Å². The lowest BCUT2D eigenvalue weighted by atomic mass is 10.1. The smallest absolute Gasteiger partial charge is 0.232 e. The van der Waals surface area contributed by atoms with E-state index >= 15 is 0 Å². The van der Waals surface area contributed by atoms with Crippen molar-refractivity contribution in [3.8, 4) is 0 Å². The van der Waals surface area contributed by atoms with Crippen LogP contribution in [-0.2, 0) is 14.8 Å². The van der Waals surface area contributed by atoms with Crippen molar-refractivity contribution < 1.29 is 17.6 Å². The number of halogens is 1. The Bertz CT molecular complexity index is 860. The van der Waals surface area contributed by atoms with Crippen LogP contribution in [0.3, 0.4) is 0 Å². The van der Waals surface area contributed by atoms with Crippen molar-refractivity contribution in [2.24, 2.45) is 0 Å². The lowest BCUT2D eigenvalue weighted by Gasteiger charge is -2.22. The fraction of sp³-hybridized carbons (Fsp3) is 0.316. The number of anilines is 2. The molecule has 0 aliphatic rings. The summed E-state index contributed by atoms with van der Waals surface area (Å²) in [6.07, 6.45) is 1.62. The van der Waals surface area contributed by atoms with E-state index in [0.717, 1.165) is 23.1 Å². The van der Waals surface area contributed by atoms with Gasteiger partial charge in [0.1, 0.15) is 5.82 Å². The Kier molecular flexibility index (Phi) is 6.37. The third kappa shape index (κ3) is 5.29. The molecule has 0 spiro atoms. The SMILES string of the molecule is Cc1cccc(C)c1NC(=O)CCCN(c1ccc(F)cc1)S(C)(=O)=O. The summed E-state index contributed by atoms with van der Waals surface area (Å²) in [6, 6.07) is 11.0. The number of hydrogen-bond donors (Lipinski definition) is 1. The van der Waals surface area contributed by atoms with Gasteiger partial charge in [-0.25, -0.2) is 12.8 Å². The van der Waals surface area contributed by atoms with E-state index in [1.807, 2.05) is 32.0 Å². The molecular weight excluding hydrogens is 355 g/mol. The van der Waals surface area contributed by atoms with Crippen LogP contribution in [0.1, 0.15) is 24.0 Å². The van der Waals surface area contributed by atoms with Crippen LogP contribution in [0.5, 0.6) is 0 Å². The van der Waals surface area contributed by atoms with Gasteiger partial charge < -0.3 is 5.32 Å². The minimum atomic E-state index is -3.52. The standard InChI is InChI=1S/C19H23FN2O3S/c1-14-6-4-7-15(2)19(14)21-18(23)8-5-13-22(26(3,24)25)17-11-9-16(20)10-12-17/h4,6-7,9-12H,5,8,13H2,1-3H3,(H,21,23). The fourth-order valence-electron chi connectivity index (χ4n) is 2.69. The average Bonchev–Trinajstić information content (AvgIpc) is 2.55. The average molecular weight is 378 g/mol. The largest absolute Gasteiger partial charge is 0.326 e. The zero-order chi connectivity index (χ0) is 19.3. The molecule has 2 rings (SSSR count). The molecule has 0 heterocycles. The van der Waals surface area contributed by atoms with Gasteiger partial charge in [0.2, 0.25) is 15.9 Å². The summed E-state index contributed by atoms with van der Waals surface area (Å²) in [5, 5.41) is 2.88. The number of nitrogens with one attached hydrogen (secondary N) is 1. The lowest BCUT2D eigenvalue weighted by Crippen LogP contribution is -2.31. The first-order valence-electron chi connectivity index (χ1n) is 8.28. The van der Waals surface area contributed by atoms with Crippen LogP contribution in [0.2, 0.25) is 0 Å². The van der Waals surface area contributed by atoms with Gasteiger partial charge in [0, 0.05) is 18.7 Å². The molecule has 0 saturated carbocycles. The van der Waals surface area contributed by atoms with Crippen LogP contribution in [-0.4, -0.2) is 27.1 Å². The number of sulfonamides is 1. The van der Waals surface area contributed by atoms with E-state index in [1.165, 1.54) is 28.6 Å². The number of para-hydroxylation sites is 1. The van der Waals surface area contributed by atoms with E-state index < -0.39 is 15.8 Å². The van der Waals surface area contributed by atoms with Gasteiger partial charge in [-0.1, -0.05) is 18.2 Å². The molecule has 0 atom stereocenters. The topological polar surface area (TPSA) is 66.5 Å². The van der Waals surface area contributed by atoms with Gasteiger partial charge in [0.05, 0.1) is 11.9 Å². The molecule has 1 amide bonds. The van der Waals surface area contributed by atoms with Gasteiger partial charge in [-0.2, -0.15) is 0 Å². The summed E-state index contributed by atoms with van der Waals surface area (Å²) in [5.41, 5.74) is 3.12. The number of benzene rings is 2. The highest BCUT2D eigenvalue weighted by molar-refractivity contribution is 7.92. The van der Waals surface area contributed by atoms with Crippen molar-refractivity contribution >= 4 is 27.3 Å². The fourth-order valence-corrected chi connectivity index (χ4v) is 3.66. The summed E-state index contributed by atoms with van der Waals surface area (Å²) in [7, 11) is -3.52. The monoisotopic (exact) mass is 378 g/mol. The third-order valence-electron chi connectivity index (χ3n) is 4.03. The number of rotatable bonds is 7. The van der Waals surface area contributed by atoms with E-state index in [0.29, 0.717) is 12.1 Å². The van der Waals surface area contributed by atoms with Gasteiger partial charge in [-0.05, 0) is 55.7 Å². The summed E-state index contributed by atoms with van der Waals surface area (Å²) in [6.45, 7) is 3.98. The van der Waals surface area contributed by atoms with E-state index in [1.54, 1.807) is 0 Å². The van der Waals surface area contributed by atoms with E-state index in [9.17, 15) is 17.6 Å². The molecule has 26 heavy (non-hydrogen) atoms. The maximum atomic E-state index is 13.1. The first kappa shape index (κ1) is 19.9. The molecule has 0 radical (unpaired) electrons. The minimum absolute atomic E-state index is 0.143. The van der Waals surface area contributed by atoms with Crippen LogP contribution in [0.4, 0.5) is 15.8 Å². The van der Waals surface area contributed by atoms with Crippen molar-refractivity contribution in [2.75, 3.05) is 22.4 Å². The number of hydrogen-bond acceptors (Lipinski definition) is 3. The van der Waals surface area contributed by atoms with Crippen molar-refractivity contribution in [3.63, 3.8) is 0 Å². The Hall–Kier alpha value is -2.41. The second-order valence-electron chi connectivity index (χ2n) is 6.23. The Morgan fingerprint density at radius 2 is 1.65 bits per heavy atom. The van der Waals surface area contributed by atoms with Crippen LogP contribution < -0.4 is 9.62 Å². The molecule has 7 heteroatoms. The quantitative estimate of drug-likeness (QED) is 0.800. The summed E-state index contributed by atoms with van der Waals surface area (Å²) >= 11 is 0. The third-order valence-corrected chi connectivity index (χ3v) is 5.22. The molecule has 0 aliphatic carbocycles. The Morgan fingerprint density at radius 3 is 2.19 bits per heavy atom. The van der Waals surface area contributed by atoms with Gasteiger partial charge in [0.25, 0.3) is 0 Å². The maximum absolute atomic E-state index is 13.1. The summed E-state index contributed by atoms with van der Waals surface area (Å²) in [5.74, 6) is -0.606. The maximum Gasteiger partial charge on any atom is 0.232 e. The van der Waals surface area contributed by atoms with Crippen LogP contribution in [0.15, 0.2) is 42.5 Å². The molecule has 5 nitrogen and oxygen atoms in total.